The number of ether oxygens (including phenoxy) is 1. The summed E-state index contributed by atoms with van der Waals surface area (Å²) >= 11 is 1.59. The summed E-state index contributed by atoms with van der Waals surface area (Å²) in [4.78, 5) is 19.8. The normalized spacial score (nSPS) is 18.5. The second-order valence-corrected chi connectivity index (χ2v) is 13.1. The zero-order valence-corrected chi connectivity index (χ0v) is 24.2. The molecule has 3 aromatic rings. The van der Waals surface area contributed by atoms with Gasteiger partial charge in [0.2, 0.25) is 0 Å². The van der Waals surface area contributed by atoms with E-state index in [2.05, 4.69) is 82.8 Å². The molecule has 0 atom stereocenters. The molecule has 4 nitrogen and oxygen atoms in total. The Balaban J connectivity index is 1.38. The zero-order valence-electron chi connectivity index (χ0n) is 23.4. The summed E-state index contributed by atoms with van der Waals surface area (Å²) < 4.78 is 5.89. The number of hydrogen-bond acceptors (Lipinski definition) is 4. The third kappa shape index (κ3) is 4.67. The molecule has 2 heterocycles. The molecule has 1 saturated heterocycles. The molecule has 0 bridgehead atoms. The molecule has 2 aromatic carbocycles. The van der Waals surface area contributed by atoms with Gasteiger partial charge in [-0.05, 0) is 84.0 Å². The molecule has 1 aromatic heterocycles. The first kappa shape index (κ1) is 25.8. The Labute approximate surface area is 226 Å². The van der Waals surface area contributed by atoms with Crippen LogP contribution >= 0.6 is 11.3 Å². The Morgan fingerprint density at radius 2 is 1.46 bits per heavy atom. The molecule has 0 spiro atoms. The van der Waals surface area contributed by atoms with Crippen molar-refractivity contribution in [2.24, 2.45) is 0 Å². The summed E-state index contributed by atoms with van der Waals surface area (Å²) in [5.74, 6) is 1.03. The quantitative estimate of drug-likeness (QED) is 0.363. The van der Waals surface area contributed by atoms with Crippen LogP contribution in [0, 0.1) is 13.8 Å². The highest BCUT2D eigenvalue weighted by Gasteiger charge is 2.38. The summed E-state index contributed by atoms with van der Waals surface area (Å²) in [5, 5.41) is 0. The fourth-order valence-electron chi connectivity index (χ4n) is 6.15. The lowest BCUT2D eigenvalue weighted by Gasteiger charge is -2.42. The minimum Gasteiger partial charge on any atom is -0.496 e. The lowest BCUT2D eigenvalue weighted by atomic mass is 9.63. The summed E-state index contributed by atoms with van der Waals surface area (Å²) in [6.45, 7) is 16.9. The number of carbonyl (C=O) groups excluding carboxylic acids is 1. The molecular weight excluding hydrogens is 476 g/mol. The minimum absolute atomic E-state index is 0.122. The van der Waals surface area contributed by atoms with Crippen LogP contribution in [0.3, 0.4) is 0 Å². The van der Waals surface area contributed by atoms with Crippen LogP contribution < -0.4 is 9.64 Å². The zero-order chi connectivity index (χ0) is 26.5. The van der Waals surface area contributed by atoms with Crippen molar-refractivity contribution in [2.45, 2.75) is 65.2 Å². The van der Waals surface area contributed by atoms with E-state index in [1.54, 1.807) is 18.4 Å². The Hall–Kier alpha value is -2.79. The van der Waals surface area contributed by atoms with Gasteiger partial charge in [-0.1, -0.05) is 45.9 Å². The van der Waals surface area contributed by atoms with E-state index in [9.17, 15) is 4.79 Å². The maximum atomic E-state index is 13.5. The van der Waals surface area contributed by atoms with Gasteiger partial charge in [-0.25, -0.2) is 0 Å². The Morgan fingerprint density at radius 1 is 0.865 bits per heavy atom. The van der Waals surface area contributed by atoms with E-state index in [0.717, 1.165) is 47.2 Å². The van der Waals surface area contributed by atoms with Crippen molar-refractivity contribution in [3.05, 3.63) is 69.6 Å². The standard InChI is InChI=1S/C32H40N2O2S/c1-21-9-8-10-22(2)29(21)33-15-17-34(18-16-33)30(35)28-12-11-27(37-28)23-19-24-25(20-26(23)36-7)32(5,6)14-13-31(24,3)4/h8-12,19-20H,13-18H2,1-7H3. The number of benzene rings is 2. The largest absolute Gasteiger partial charge is 0.496 e. The van der Waals surface area contributed by atoms with Gasteiger partial charge in [0.15, 0.2) is 0 Å². The van der Waals surface area contributed by atoms with E-state index in [4.69, 9.17) is 4.74 Å². The van der Waals surface area contributed by atoms with Crippen molar-refractivity contribution >= 4 is 22.9 Å². The molecule has 1 aliphatic carbocycles. The van der Waals surface area contributed by atoms with Crippen LogP contribution in [0.1, 0.15) is 72.5 Å². The van der Waals surface area contributed by atoms with E-state index >= 15 is 0 Å². The van der Waals surface area contributed by atoms with Crippen molar-refractivity contribution in [3.63, 3.8) is 0 Å². The van der Waals surface area contributed by atoms with Gasteiger partial charge in [-0.15, -0.1) is 11.3 Å². The molecule has 0 radical (unpaired) electrons. The lowest BCUT2D eigenvalue weighted by molar-refractivity contribution is 0.0751. The first-order valence-corrected chi connectivity index (χ1v) is 14.3. The number of thiophene rings is 1. The second kappa shape index (κ2) is 9.50. The third-order valence-corrected chi connectivity index (χ3v) is 9.68. The number of methoxy groups -OCH3 is 1. The predicted molar refractivity (Wildman–Crippen MR) is 156 cm³/mol. The minimum atomic E-state index is 0.122. The van der Waals surface area contributed by atoms with Crippen molar-refractivity contribution in [1.29, 1.82) is 0 Å². The molecule has 0 N–H and O–H groups in total. The summed E-state index contributed by atoms with van der Waals surface area (Å²) in [5.41, 5.74) is 8.06. The highest BCUT2D eigenvalue weighted by atomic mass is 32.1. The maximum absolute atomic E-state index is 13.5. The van der Waals surface area contributed by atoms with Crippen molar-refractivity contribution < 1.29 is 9.53 Å². The van der Waals surface area contributed by atoms with E-state index in [1.165, 1.54) is 40.8 Å². The topological polar surface area (TPSA) is 32.8 Å². The second-order valence-electron chi connectivity index (χ2n) is 12.0. The molecule has 5 rings (SSSR count). The number of hydrogen-bond donors (Lipinski definition) is 0. The first-order chi connectivity index (χ1) is 17.5. The number of piperazine rings is 1. The fraction of sp³-hybridized carbons (Fsp3) is 0.469. The summed E-state index contributed by atoms with van der Waals surface area (Å²) in [7, 11) is 1.75. The SMILES string of the molecule is COc1cc2c(cc1-c1ccc(C(=O)N3CCN(c4c(C)cccc4C)CC3)s1)C(C)(C)CCC2(C)C. The lowest BCUT2D eigenvalue weighted by Crippen LogP contribution is -2.49. The van der Waals surface area contributed by atoms with E-state index < -0.39 is 0 Å². The molecule has 5 heteroatoms. The smallest absolute Gasteiger partial charge is 0.264 e. The molecule has 0 saturated carbocycles. The van der Waals surface area contributed by atoms with Crippen molar-refractivity contribution in [2.75, 3.05) is 38.2 Å². The van der Waals surface area contributed by atoms with Crippen LogP contribution in [-0.2, 0) is 10.8 Å². The molecule has 37 heavy (non-hydrogen) atoms. The molecule has 1 aliphatic heterocycles. The average molecular weight is 517 g/mol. The number of fused-ring (bicyclic) bond motifs is 1. The molecule has 1 amide bonds. The van der Waals surface area contributed by atoms with Crippen LogP contribution in [0.4, 0.5) is 5.69 Å². The predicted octanol–water partition coefficient (Wildman–Crippen LogP) is 7.35. The first-order valence-electron chi connectivity index (χ1n) is 13.5. The Bertz CT molecular complexity index is 1310. The number of anilines is 1. The van der Waals surface area contributed by atoms with Gasteiger partial charge in [0.05, 0.1) is 12.0 Å². The van der Waals surface area contributed by atoms with Crippen molar-refractivity contribution in [3.8, 4) is 16.2 Å². The fourth-order valence-corrected chi connectivity index (χ4v) is 7.14. The molecular formula is C32H40N2O2S. The number of nitrogens with zero attached hydrogens (tertiary/aromatic N) is 2. The van der Waals surface area contributed by atoms with Gasteiger partial charge in [0.25, 0.3) is 5.91 Å². The highest BCUT2D eigenvalue weighted by Crippen LogP contribution is 2.49. The van der Waals surface area contributed by atoms with Crippen LogP contribution in [0.15, 0.2) is 42.5 Å². The van der Waals surface area contributed by atoms with Crippen LogP contribution in [0.2, 0.25) is 0 Å². The maximum Gasteiger partial charge on any atom is 0.264 e. The monoisotopic (exact) mass is 516 g/mol. The number of rotatable bonds is 4. The average Bonchev–Trinajstić information content (AvgIpc) is 3.36. The van der Waals surface area contributed by atoms with Gasteiger partial charge >= 0.3 is 0 Å². The van der Waals surface area contributed by atoms with E-state index in [0.29, 0.717) is 0 Å². The molecule has 0 unspecified atom stereocenters. The van der Waals surface area contributed by atoms with E-state index in [-0.39, 0.29) is 16.7 Å². The number of para-hydroxylation sites is 1. The highest BCUT2D eigenvalue weighted by molar-refractivity contribution is 7.17. The molecule has 196 valence electrons. The Kier molecular flexibility index (Phi) is 6.64. The van der Waals surface area contributed by atoms with Crippen LogP contribution in [-0.4, -0.2) is 44.1 Å². The number of amides is 1. The third-order valence-electron chi connectivity index (χ3n) is 8.58. The van der Waals surface area contributed by atoms with Crippen LogP contribution in [0.25, 0.3) is 10.4 Å². The number of aryl methyl sites for hydroxylation is 2. The Morgan fingerprint density at radius 3 is 2.05 bits per heavy atom. The van der Waals surface area contributed by atoms with Crippen molar-refractivity contribution in [1.82, 2.24) is 4.90 Å². The van der Waals surface area contributed by atoms with Gasteiger partial charge in [-0.2, -0.15) is 0 Å². The van der Waals surface area contributed by atoms with E-state index in [1.807, 2.05) is 11.0 Å². The summed E-state index contributed by atoms with van der Waals surface area (Å²) in [6.07, 6.45) is 2.34. The van der Waals surface area contributed by atoms with Gasteiger partial charge < -0.3 is 14.5 Å². The van der Waals surface area contributed by atoms with Gasteiger partial charge in [-0.3, -0.25) is 4.79 Å². The number of carbonyl (C=O) groups is 1. The molecule has 2 aliphatic rings. The van der Waals surface area contributed by atoms with Gasteiger partial charge in [0, 0.05) is 42.3 Å². The van der Waals surface area contributed by atoms with Gasteiger partial charge in [0.1, 0.15) is 5.75 Å². The van der Waals surface area contributed by atoms with Crippen LogP contribution in [0.5, 0.6) is 5.75 Å². The molecule has 1 fully saturated rings. The summed E-state index contributed by atoms with van der Waals surface area (Å²) in [6, 6.07) is 15.1.